The van der Waals surface area contributed by atoms with E-state index in [0.717, 1.165) is 40.4 Å². The van der Waals surface area contributed by atoms with E-state index in [1.54, 1.807) is 64.2 Å². The largest absolute Gasteiger partial charge is 0.103 e. The average molecular weight is 296 g/mol. The van der Waals surface area contributed by atoms with Gasteiger partial charge < -0.3 is 0 Å². The van der Waals surface area contributed by atoms with Crippen LogP contribution in [0.5, 0.6) is 0 Å². The van der Waals surface area contributed by atoms with Gasteiger partial charge in [0.15, 0.2) is 0 Å². The molecule has 0 saturated heterocycles. The van der Waals surface area contributed by atoms with Crippen molar-refractivity contribution in [2.24, 2.45) is 45.8 Å². The Morgan fingerprint density at radius 3 is 1.55 bits per heavy atom. The Morgan fingerprint density at radius 1 is 0.591 bits per heavy atom. The van der Waals surface area contributed by atoms with Gasteiger partial charge in [0.25, 0.3) is 0 Å². The molecule has 0 aliphatic heterocycles. The van der Waals surface area contributed by atoms with E-state index in [4.69, 9.17) is 0 Å². The average Bonchev–Trinajstić information content (AvgIpc) is 2.44. The lowest BCUT2D eigenvalue weighted by molar-refractivity contribution is -0.212. The first kappa shape index (κ1) is 13.1. The molecule has 2 atom stereocenters. The van der Waals surface area contributed by atoms with Crippen LogP contribution in [0.1, 0.15) is 77.0 Å². The molecule has 0 heterocycles. The van der Waals surface area contributed by atoms with Crippen LogP contribution in [0.25, 0.3) is 0 Å². The second-order valence-electron chi connectivity index (χ2n) is 11.0. The van der Waals surface area contributed by atoms with Gasteiger partial charge in [-0.25, -0.2) is 0 Å². The van der Waals surface area contributed by atoms with Gasteiger partial charge in [0.2, 0.25) is 0 Å². The summed E-state index contributed by atoms with van der Waals surface area (Å²) in [6.45, 7) is 4.33. The Bertz CT molecular complexity index is 477. The van der Waals surface area contributed by atoms with E-state index in [0.29, 0.717) is 5.41 Å². The van der Waals surface area contributed by atoms with Crippen LogP contribution in [0.2, 0.25) is 0 Å². The van der Waals surface area contributed by atoms with Crippen molar-refractivity contribution in [3.63, 3.8) is 0 Å². The SMILES string of the molecule is C=CC12CC3CC(C1)CC(C14CC5CC(CC(C5)C1)C4)(C3)C2. The van der Waals surface area contributed by atoms with E-state index in [1.807, 2.05) is 0 Å². The minimum Gasteiger partial charge on any atom is -0.103 e. The summed E-state index contributed by atoms with van der Waals surface area (Å²) in [4.78, 5) is 0. The van der Waals surface area contributed by atoms with Crippen LogP contribution in [0.3, 0.4) is 0 Å². The summed E-state index contributed by atoms with van der Waals surface area (Å²) in [7, 11) is 0. The Kier molecular flexibility index (Phi) is 2.30. The number of hydrogen-bond donors (Lipinski definition) is 0. The third-order valence-corrected chi connectivity index (χ3v) is 9.70. The third-order valence-electron chi connectivity index (χ3n) is 9.70. The van der Waals surface area contributed by atoms with Gasteiger partial charge in [0, 0.05) is 0 Å². The molecule has 0 N–H and O–H groups in total. The van der Waals surface area contributed by atoms with Crippen molar-refractivity contribution in [3.05, 3.63) is 12.7 Å². The fourth-order valence-corrected chi connectivity index (χ4v) is 9.95. The van der Waals surface area contributed by atoms with Crippen molar-refractivity contribution in [2.75, 3.05) is 0 Å². The monoisotopic (exact) mass is 296 g/mol. The second kappa shape index (κ2) is 3.86. The highest BCUT2D eigenvalue weighted by Gasteiger charge is 2.66. The molecule has 2 unspecified atom stereocenters. The molecule has 120 valence electrons. The maximum Gasteiger partial charge on any atom is -0.0110 e. The van der Waals surface area contributed by atoms with Crippen LogP contribution in [0.15, 0.2) is 12.7 Å². The smallest absolute Gasteiger partial charge is 0.0110 e. The molecule has 8 bridgehead atoms. The Labute approximate surface area is 136 Å². The zero-order valence-corrected chi connectivity index (χ0v) is 14.2. The quantitative estimate of drug-likeness (QED) is 0.550. The van der Waals surface area contributed by atoms with Crippen molar-refractivity contribution in [2.45, 2.75) is 77.0 Å². The van der Waals surface area contributed by atoms with E-state index in [9.17, 15) is 0 Å². The first-order valence-corrected chi connectivity index (χ1v) is 10.3. The highest BCUT2D eigenvalue weighted by molar-refractivity contribution is 5.19. The maximum atomic E-state index is 4.33. The minimum atomic E-state index is 0.563. The molecule has 0 heteroatoms. The van der Waals surface area contributed by atoms with E-state index in [2.05, 4.69) is 12.7 Å². The van der Waals surface area contributed by atoms with Crippen molar-refractivity contribution in [1.29, 1.82) is 0 Å². The van der Waals surface area contributed by atoms with E-state index >= 15 is 0 Å². The van der Waals surface area contributed by atoms with E-state index in [1.165, 1.54) is 12.8 Å². The van der Waals surface area contributed by atoms with Crippen LogP contribution in [0, 0.1) is 45.8 Å². The lowest BCUT2D eigenvalue weighted by Crippen LogP contribution is -2.62. The van der Waals surface area contributed by atoms with Crippen LogP contribution in [0.4, 0.5) is 0 Å². The Hall–Kier alpha value is -0.260. The van der Waals surface area contributed by atoms with Crippen LogP contribution in [-0.2, 0) is 0 Å². The van der Waals surface area contributed by atoms with E-state index in [-0.39, 0.29) is 0 Å². The molecule has 8 aliphatic rings. The third kappa shape index (κ3) is 1.47. The molecule has 22 heavy (non-hydrogen) atoms. The molecule has 0 spiro atoms. The number of rotatable bonds is 2. The van der Waals surface area contributed by atoms with Gasteiger partial charge in [-0.3, -0.25) is 0 Å². The summed E-state index contributed by atoms with van der Waals surface area (Å²) >= 11 is 0. The lowest BCUT2D eigenvalue weighted by Gasteiger charge is -2.72. The van der Waals surface area contributed by atoms with Crippen molar-refractivity contribution in [1.82, 2.24) is 0 Å². The highest BCUT2D eigenvalue weighted by Crippen LogP contribution is 2.77. The number of allylic oxidation sites excluding steroid dienone is 1. The van der Waals surface area contributed by atoms with E-state index < -0.39 is 0 Å². The summed E-state index contributed by atoms with van der Waals surface area (Å²) in [6, 6.07) is 0. The summed E-state index contributed by atoms with van der Waals surface area (Å²) in [6.07, 6.45) is 21.5. The van der Waals surface area contributed by atoms with Crippen molar-refractivity contribution in [3.8, 4) is 0 Å². The molecule has 0 aromatic rings. The number of hydrogen-bond acceptors (Lipinski definition) is 0. The minimum absolute atomic E-state index is 0.563. The first-order valence-electron chi connectivity index (χ1n) is 10.3. The molecule has 8 rings (SSSR count). The van der Waals surface area contributed by atoms with Crippen molar-refractivity contribution >= 4 is 0 Å². The topological polar surface area (TPSA) is 0 Å². The van der Waals surface area contributed by atoms with Gasteiger partial charge in [-0.15, -0.1) is 6.58 Å². The molecule has 0 aromatic carbocycles. The predicted molar refractivity (Wildman–Crippen MR) is 90.4 cm³/mol. The Balaban J connectivity index is 1.45. The van der Waals surface area contributed by atoms with Crippen LogP contribution < -0.4 is 0 Å². The van der Waals surface area contributed by atoms with Gasteiger partial charge in [0.1, 0.15) is 0 Å². The van der Waals surface area contributed by atoms with Gasteiger partial charge in [-0.2, -0.15) is 0 Å². The zero-order chi connectivity index (χ0) is 14.6. The molecular formula is C22H32. The molecule has 0 nitrogen and oxygen atoms in total. The molecule has 0 amide bonds. The predicted octanol–water partition coefficient (Wildman–Crippen LogP) is 5.98. The van der Waals surface area contributed by atoms with Gasteiger partial charge in [-0.05, 0) is 123 Å². The summed E-state index contributed by atoms with van der Waals surface area (Å²) in [5, 5.41) is 0. The van der Waals surface area contributed by atoms with Crippen molar-refractivity contribution < 1.29 is 0 Å². The van der Waals surface area contributed by atoms with Gasteiger partial charge >= 0.3 is 0 Å². The second-order valence-corrected chi connectivity index (χ2v) is 11.0. The molecular weight excluding hydrogens is 264 g/mol. The molecule has 0 radical (unpaired) electrons. The lowest BCUT2D eigenvalue weighted by atomic mass is 9.33. The van der Waals surface area contributed by atoms with Crippen LogP contribution in [-0.4, -0.2) is 0 Å². The summed E-state index contributed by atoms with van der Waals surface area (Å²) < 4.78 is 0. The molecule has 8 saturated carbocycles. The molecule has 0 aromatic heterocycles. The fraction of sp³-hybridized carbons (Fsp3) is 0.909. The standard InChI is InChI=1S/C22H32/c1-2-20-7-18-6-19(8-20)13-22(12-18,14-20)21-9-15-3-16(10-21)5-17(4-15)11-21/h2,15-19H,1,3-14H2. The highest BCUT2D eigenvalue weighted by atomic mass is 14.7. The summed E-state index contributed by atoms with van der Waals surface area (Å²) in [5.41, 5.74) is 2.10. The Morgan fingerprint density at radius 2 is 1.05 bits per heavy atom. The van der Waals surface area contributed by atoms with Crippen LogP contribution >= 0.6 is 0 Å². The van der Waals surface area contributed by atoms with Gasteiger partial charge in [0.05, 0.1) is 0 Å². The molecule has 8 aliphatic carbocycles. The zero-order valence-electron chi connectivity index (χ0n) is 14.2. The van der Waals surface area contributed by atoms with Gasteiger partial charge in [-0.1, -0.05) is 6.08 Å². The fourth-order valence-electron chi connectivity index (χ4n) is 9.95. The summed E-state index contributed by atoms with van der Waals surface area (Å²) in [5.74, 6) is 5.50. The first-order chi connectivity index (χ1) is 10.6. The maximum absolute atomic E-state index is 4.33. The molecule has 8 fully saturated rings. The normalized spacial score (nSPS) is 64.3.